The predicted molar refractivity (Wildman–Crippen MR) is 105 cm³/mol. The number of fused-ring (bicyclic) bond motifs is 2. The second-order valence-electron chi connectivity index (χ2n) is 9.56. The zero-order chi connectivity index (χ0) is 20.6. The van der Waals surface area contributed by atoms with Crippen LogP contribution < -0.4 is 0 Å². The SMILES string of the molecule is CCCC1CCC2CC(C3CCc4c(F)cccc4C3OC(F)(F)F)CCC2C1. The molecule has 4 rings (SSSR count). The van der Waals surface area contributed by atoms with E-state index in [-0.39, 0.29) is 11.8 Å². The van der Waals surface area contributed by atoms with E-state index in [2.05, 4.69) is 11.7 Å². The second-order valence-corrected chi connectivity index (χ2v) is 9.56. The molecule has 0 radical (unpaired) electrons. The third-order valence-electron chi connectivity index (χ3n) is 7.90. The molecule has 0 saturated heterocycles. The summed E-state index contributed by atoms with van der Waals surface area (Å²) in [7, 11) is 0. The van der Waals surface area contributed by atoms with Crippen molar-refractivity contribution in [2.24, 2.45) is 29.6 Å². The summed E-state index contributed by atoms with van der Waals surface area (Å²) in [5.41, 5.74) is 0.819. The van der Waals surface area contributed by atoms with Crippen LogP contribution in [0.3, 0.4) is 0 Å². The van der Waals surface area contributed by atoms with Gasteiger partial charge in [-0.1, -0.05) is 38.3 Å². The molecule has 3 aliphatic rings. The summed E-state index contributed by atoms with van der Waals surface area (Å²) in [5, 5.41) is 0. The van der Waals surface area contributed by atoms with Crippen molar-refractivity contribution < 1.29 is 22.3 Å². The van der Waals surface area contributed by atoms with Crippen molar-refractivity contribution in [3.63, 3.8) is 0 Å². The normalized spacial score (nSPS) is 35.1. The van der Waals surface area contributed by atoms with E-state index in [1.165, 1.54) is 44.2 Å². The molecule has 2 fully saturated rings. The van der Waals surface area contributed by atoms with Gasteiger partial charge in [-0.3, -0.25) is 4.74 Å². The number of hydrogen-bond acceptors (Lipinski definition) is 1. The Kier molecular flexibility index (Phi) is 6.24. The molecule has 0 N–H and O–H groups in total. The molecule has 1 nitrogen and oxygen atoms in total. The molecule has 1 aromatic rings. The number of ether oxygens (including phenoxy) is 1. The maximum atomic E-state index is 14.2. The van der Waals surface area contributed by atoms with Crippen molar-refractivity contribution >= 4 is 0 Å². The van der Waals surface area contributed by atoms with Gasteiger partial charge in [0.25, 0.3) is 0 Å². The van der Waals surface area contributed by atoms with E-state index in [4.69, 9.17) is 0 Å². The highest BCUT2D eigenvalue weighted by Crippen LogP contribution is 2.52. The van der Waals surface area contributed by atoms with Gasteiger partial charge in [-0.25, -0.2) is 4.39 Å². The zero-order valence-corrected chi connectivity index (χ0v) is 17.2. The van der Waals surface area contributed by atoms with Gasteiger partial charge in [0, 0.05) is 0 Å². The van der Waals surface area contributed by atoms with Crippen molar-refractivity contribution in [2.45, 2.75) is 83.6 Å². The van der Waals surface area contributed by atoms with Crippen molar-refractivity contribution in [1.29, 1.82) is 0 Å². The van der Waals surface area contributed by atoms with E-state index in [1.54, 1.807) is 6.07 Å². The van der Waals surface area contributed by atoms with Gasteiger partial charge in [0.05, 0.1) is 6.10 Å². The Morgan fingerprint density at radius 1 is 0.966 bits per heavy atom. The third-order valence-corrected chi connectivity index (χ3v) is 7.90. The highest BCUT2D eigenvalue weighted by atomic mass is 19.4. The van der Waals surface area contributed by atoms with Crippen LogP contribution in [0, 0.1) is 35.4 Å². The highest BCUT2D eigenvalue weighted by Gasteiger charge is 2.46. The fourth-order valence-electron chi connectivity index (χ4n) is 6.66. The molecule has 5 heteroatoms. The lowest BCUT2D eigenvalue weighted by Crippen LogP contribution is -2.38. The standard InChI is InChI=1S/C24H32F4O/c1-2-4-15-7-8-17-14-18(10-9-16(17)13-15)19-11-12-20-21(5-3-6-22(20)25)23(19)29-24(26,27)28/h3,5-6,15-19,23H,2,4,7-14H2,1H3. The number of rotatable bonds is 4. The van der Waals surface area contributed by atoms with Crippen molar-refractivity contribution in [1.82, 2.24) is 0 Å². The molecule has 0 aromatic heterocycles. The van der Waals surface area contributed by atoms with Gasteiger partial charge in [-0.2, -0.15) is 0 Å². The molecule has 0 bridgehead atoms. The predicted octanol–water partition coefficient (Wildman–Crippen LogP) is 7.60. The fourth-order valence-corrected chi connectivity index (χ4v) is 6.66. The van der Waals surface area contributed by atoms with E-state index in [9.17, 15) is 17.6 Å². The Balaban J connectivity index is 1.51. The molecule has 29 heavy (non-hydrogen) atoms. The van der Waals surface area contributed by atoms with Crippen LogP contribution in [-0.2, 0) is 11.2 Å². The summed E-state index contributed by atoms with van der Waals surface area (Å²) in [4.78, 5) is 0. The Bertz CT molecular complexity index is 701. The average Bonchev–Trinajstić information content (AvgIpc) is 2.67. The van der Waals surface area contributed by atoms with Crippen LogP contribution in [0.25, 0.3) is 0 Å². The molecule has 6 atom stereocenters. The Labute approximate surface area is 171 Å². The van der Waals surface area contributed by atoms with Crippen LogP contribution in [0.15, 0.2) is 18.2 Å². The summed E-state index contributed by atoms with van der Waals surface area (Å²) in [6.07, 6.45) is 4.74. The lowest BCUT2D eigenvalue weighted by atomic mass is 9.60. The largest absolute Gasteiger partial charge is 0.523 e. The quantitative estimate of drug-likeness (QED) is 0.463. The number of halogens is 4. The van der Waals surface area contributed by atoms with Crippen molar-refractivity contribution in [3.05, 3.63) is 35.1 Å². The molecule has 0 amide bonds. The first-order valence-electron chi connectivity index (χ1n) is 11.4. The lowest BCUT2D eigenvalue weighted by Gasteiger charge is -2.46. The molecule has 0 heterocycles. The van der Waals surface area contributed by atoms with E-state index >= 15 is 0 Å². The van der Waals surface area contributed by atoms with Crippen molar-refractivity contribution in [2.75, 3.05) is 0 Å². The first kappa shape index (κ1) is 21.1. The van der Waals surface area contributed by atoms with E-state index in [0.717, 1.165) is 31.1 Å². The van der Waals surface area contributed by atoms with Gasteiger partial charge in [-0.15, -0.1) is 13.2 Å². The van der Waals surface area contributed by atoms with Gasteiger partial charge in [0.15, 0.2) is 0 Å². The summed E-state index contributed by atoms with van der Waals surface area (Å²) in [6.45, 7) is 2.24. The smallest absolute Gasteiger partial charge is 0.283 e. The first-order valence-corrected chi connectivity index (χ1v) is 11.4. The van der Waals surface area contributed by atoms with Gasteiger partial charge < -0.3 is 0 Å². The molecular weight excluding hydrogens is 380 g/mol. The van der Waals surface area contributed by atoms with Gasteiger partial charge in [0.1, 0.15) is 5.82 Å². The first-order chi connectivity index (χ1) is 13.9. The monoisotopic (exact) mass is 412 g/mol. The molecule has 2 saturated carbocycles. The van der Waals surface area contributed by atoms with Crippen LogP contribution in [-0.4, -0.2) is 6.36 Å². The molecule has 3 aliphatic carbocycles. The molecular formula is C24H32F4O. The summed E-state index contributed by atoms with van der Waals surface area (Å²) >= 11 is 0. The third kappa shape index (κ3) is 4.65. The average molecular weight is 413 g/mol. The topological polar surface area (TPSA) is 9.23 Å². The van der Waals surface area contributed by atoms with Crippen LogP contribution in [0.4, 0.5) is 17.6 Å². The van der Waals surface area contributed by atoms with Crippen LogP contribution in [0.2, 0.25) is 0 Å². The van der Waals surface area contributed by atoms with E-state index < -0.39 is 18.3 Å². The molecule has 1 aromatic carbocycles. The van der Waals surface area contributed by atoms with E-state index in [1.807, 2.05) is 0 Å². The second kappa shape index (κ2) is 8.56. The Hall–Kier alpha value is -1.10. The van der Waals surface area contributed by atoms with Gasteiger partial charge >= 0.3 is 6.36 Å². The van der Waals surface area contributed by atoms with Crippen molar-refractivity contribution in [3.8, 4) is 0 Å². The molecule has 0 spiro atoms. The Morgan fingerprint density at radius 3 is 2.45 bits per heavy atom. The number of hydrogen-bond donors (Lipinski definition) is 0. The summed E-state index contributed by atoms with van der Waals surface area (Å²) in [6, 6.07) is 4.47. The fraction of sp³-hybridized carbons (Fsp3) is 0.750. The molecule has 162 valence electrons. The highest BCUT2D eigenvalue weighted by molar-refractivity contribution is 5.33. The minimum Gasteiger partial charge on any atom is -0.283 e. The van der Waals surface area contributed by atoms with Gasteiger partial charge in [0.2, 0.25) is 0 Å². The zero-order valence-electron chi connectivity index (χ0n) is 17.2. The maximum absolute atomic E-state index is 14.2. The molecule has 6 unspecified atom stereocenters. The number of alkyl halides is 3. The van der Waals surface area contributed by atoms with Crippen LogP contribution in [0.1, 0.15) is 81.9 Å². The molecule has 0 aliphatic heterocycles. The van der Waals surface area contributed by atoms with Crippen LogP contribution in [0.5, 0.6) is 0 Å². The van der Waals surface area contributed by atoms with Crippen LogP contribution >= 0.6 is 0 Å². The minimum atomic E-state index is -4.71. The Morgan fingerprint density at radius 2 is 1.69 bits per heavy atom. The summed E-state index contributed by atoms with van der Waals surface area (Å²) in [5.74, 6) is 1.87. The maximum Gasteiger partial charge on any atom is 0.523 e. The van der Waals surface area contributed by atoms with Gasteiger partial charge in [-0.05, 0) is 91.7 Å². The number of benzene rings is 1. The summed E-state index contributed by atoms with van der Waals surface area (Å²) < 4.78 is 58.6. The van der Waals surface area contributed by atoms with E-state index in [0.29, 0.717) is 29.9 Å². The minimum absolute atomic E-state index is 0.180. The lowest BCUT2D eigenvalue weighted by molar-refractivity contribution is -0.354.